The molecule has 0 saturated heterocycles. The predicted octanol–water partition coefficient (Wildman–Crippen LogP) is 4.00. The molecule has 2 heterocycles. The third-order valence-electron chi connectivity index (χ3n) is 2.78. The van der Waals surface area contributed by atoms with Crippen molar-refractivity contribution < 1.29 is 0 Å². The molecule has 0 unspecified atom stereocenters. The van der Waals surface area contributed by atoms with Crippen LogP contribution in [0.2, 0.25) is 5.02 Å². The van der Waals surface area contributed by atoms with Gasteiger partial charge in [0.05, 0.1) is 5.02 Å². The number of pyridine rings is 1. The van der Waals surface area contributed by atoms with Gasteiger partial charge in [0.25, 0.3) is 0 Å². The van der Waals surface area contributed by atoms with Crippen molar-refractivity contribution in [2.24, 2.45) is 0 Å². The molecule has 2 aromatic heterocycles. The van der Waals surface area contributed by atoms with Gasteiger partial charge in [0, 0.05) is 29.5 Å². The molecule has 0 aliphatic carbocycles. The minimum atomic E-state index is 0.719. The first kappa shape index (κ1) is 14.3. The number of halogens is 1. The summed E-state index contributed by atoms with van der Waals surface area (Å²) < 4.78 is 0. The topological polar surface area (TPSA) is 38.7 Å². The minimum Gasteiger partial charge on any atom is -0.263 e. The number of aryl methyl sites for hydroxylation is 3. The molecule has 0 aliphatic heterocycles. The highest BCUT2D eigenvalue weighted by Gasteiger charge is 2.09. The maximum Gasteiger partial charge on any atom is 0.188 e. The first-order valence-electron chi connectivity index (χ1n) is 6.16. The standard InChI is InChI=1S/C14H16ClN3S/c1-4-11-6-16-7-13(15)12(11)8-19-14-17-9(2)5-10(3)18-14/h5-7H,4,8H2,1-3H3. The fraction of sp³-hybridized carbons (Fsp3) is 0.357. The highest BCUT2D eigenvalue weighted by Crippen LogP contribution is 2.27. The molecule has 100 valence electrons. The summed E-state index contributed by atoms with van der Waals surface area (Å²) >= 11 is 7.83. The number of hydrogen-bond donors (Lipinski definition) is 0. The van der Waals surface area contributed by atoms with Gasteiger partial charge in [-0.15, -0.1) is 0 Å². The summed E-state index contributed by atoms with van der Waals surface area (Å²) in [5.74, 6) is 0.771. The van der Waals surface area contributed by atoms with Crippen LogP contribution in [0.1, 0.15) is 29.4 Å². The number of rotatable bonds is 4. The van der Waals surface area contributed by atoms with Crippen molar-refractivity contribution in [1.82, 2.24) is 15.0 Å². The van der Waals surface area contributed by atoms with E-state index in [1.807, 2.05) is 26.1 Å². The Kier molecular flexibility index (Phi) is 4.77. The van der Waals surface area contributed by atoms with Gasteiger partial charge in [0.2, 0.25) is 0 Å². The second-order valence-corrected chi connectivity index (χ2v) is 5.68. The molecule has 0 aromatic carbocycles. The maximum absolute atomic E-state index is 6.22. The molecule has 0 bridgehead atoms. The Morgan fingerprint density at radius 1 is 1.16 bits per heavy atom. The van der Waals surface area contributed by atoms with E-state index in [0.29, 0.717) is 0 Å². The summed E-state index contributed by atoms with van der Waals surface area (Å²) in [5, 5.41) is 1.52. The molecule has 5 heteroatoms. The minimum absolute atomic E-state index is 0.719. The lowest BCUT2D eigenvalue weighted by atomic mass is 10.1. The maximum atomic E-state index is 6.22. The highest BCUT2D eigenvalue weighted by molar-refractivity contribution is 7.98. The van der Waals surface area contributed by atoms with Crippen LogP contribution in [-0.4, -0.2) is 15.0 Å². The summed E-state index contributed by atoms with van der Waals surface area (Å²) in [7, 11) is 0. The molecule has 2 aromatic rings. The lowest BCUT2D eigenvalue weighted by molar-refractivity contribution is 0.901. The van der Waals surface area contributed by atoms with Crippen LogP contribution in [0.5, 0.6) is 0 Å². The zero-order valence-electron chi connectivity index (χ0n) is 11.3. The zero-order chi connectivity index (χ0) is 13.8. The molecule has 0 saturated carbocycles. The molecule has 3 nitrogen and oxygen atoms in total. The normalized spacial score (nSPS) is 10.7. The molecule has 0 fully saturated rings. The average molecular weight is 294 g/mol. The Balaban J connectivity index is 2.18. The lowest BCUT2D eigenvalue weighted by Gasteiger charge is -2.09. The van der Waals surface area contributed by atoms with Crippen LogP contribution in [0.3, 0.4) is 0 Å². The van der Waals surface area contributed by atoms with E-state index in [1.165, 1.54) is 5.56 Å². The fourth-order valence-electron chi connectivity index (χ4n) is 1.86. The van der Waals surface area contributed by atoms with E-state index in [4.69, 9.17) is 11.6 Å². The number of hydrogen-bond acceptors (Lipinski definition) is 4. The fourth-order valence-corrected chi connectivity index (χ4v) is 3.22. The van der Waals surface area contributed by atoms with Gasteiger partial charge in [-0.1, -0.05) is 30.3 Å². The van der Waals surface area contributed by atoms with Crippen LogP contribution in [0.15, 0.2) is 23.6 Å². The Morgan fingerprint density at radius 2 is 1.84 bits per heavy atom. The smallest absolute Gasteiger partial charge is 0.188 e. The van der Waals surface area contributed by atoms with Crippen molar-refractivity contribution in [2.75, 3.05) is 0 Å². The van der Waals surface area contributed by atoms with E-state index in [9.17, 15) is 0 Å². The van der Waals surface area contributed by atoms with Gasteiger partial charge >= 0.3 is 0 Å². The van der Waals surface area contributed by atoms with Gasteiger partial charge < -0.3 is 0 Å². The van der Waals surface area contributed by atoms with E-state index < -0.39 is 0 Å². The SMILES string of the molecule is CCc1cncc(Cl)c1CSc1nc(C)cc(C)n1. The molecule has 2 rings (SSSR count). The number of thioether (sulfide) groups is 1. The Hall–Kier alpha value is -1.13. The second-order valence-electron chi connectivity index (χ2n) is 4.33. The van der Waals surface area contributed by atoms with Crippen molar-refractivity contribution in [2.45, 2.75) is 38.1 Å². The first-order chi connectivity index (χ1) is 9.10. The number of nitrogens with zero attached hydrogens (tertiary/aromatic N) is 3. The first-order valence-corrected chi connectivity index (χ1v) is 7.53. The van der Waals surface area contributed by atoms with E-state index in [0.717, 1.165) is 39.3 Å². The highest BCUT2D eigenvalue weighted by atomic mass is 35.5. The Labute approximate surface area is 122 Å². The van der Waals surface area contributed by atoms with Crippen LogP contribution in [0.25, 0.3) is 0 Å². The molecule has 0 amide bonds. The van der Waals surface area contributed by atoms with Crippen LogP contribution >= 0.6 is 23.4 Å². The molecule has 0 radical (unpaired) electrons. The molecule has 0 aliphatic rings. The quantitative estimate of drug-likeness (QED) is 0.631. The van der Waals surface area contributed by atoms with Gasteiger partial charge in [0.1, 0.15) is 0 Å². The van der Waals surface area contributed by atoms with Crippen LogP contribution in [-0.2, 0) is 12.2 Å². The molecule has 0 N–H and O–H groups in total. The molecular formula is C14H16ClN3S. The van der Waals surface area contributed by atoms with Gasteiger partial charge in [0.15, 0.2) is 5.16 Å². The summed E-state index contributed by atoms with van der Waals surface area (Å²) in [5.41, 5.74) is 4.30. The third kappa shape index (κ3) is 3.67. The van der Waals surface area contributed by atoms with E-state index >= 15 is 0 Å². The lowest BCUT2D eigenvalue weighted by Crippen LogP contribution is -1.96. The van der Waals surface area contributed by atoms with Crippen LogP contribution < -0.4 is 0 Å². The van der Waals surface area contributed by atoms with Crippen molar-refractivity contribution in [3.8, 4) is 0 Å². The van der Waals surface area contributed by atoms with Gasteiger partial charge in [-0.2, -0.15) is 0 Å². The monoisotopic (exact) mass is 293 g/mol. The van der Waals surface area contributed by atoms with Gasteiger partial charge in [-0.05, 0) is 37.5 Å². The summed E-state index contributed by atoms with van der Waals surface area (Å²) in [6.07, 6.45) is 4.50. The van der Waals surface area contributed by atoms with Crippen molar-refractivity contribution in [1.29, 1.82) is 0 Å². The largest absolute Gasteiger partial charge is 0.263 e. The van der Waals surface area contributed by atoms with Crippen molar-refractivity contribution >= 4 is 23.4 Å². The summed E-state index contributed by atoms with van der Waals surface area (Å²) in [4.78, 5) is 13.0. The van der Waals surface area contributed by atoms with Crippen LogP contribution in [0, 0.1) is 13.8 Å². The van der Waals surface area contributed by atoms with E-state index in [2.05, 4.69) is 21.9 Å². The number of aromatic nitrogens is 3. The Morgan fingerprint density at radius 3 is 2.47 bits per heavy atom. The predicted molar refractivity (Wildman–Crippen MR) is 79.7 cm³/mol. The molecular weight excluding hydrogens is 278 g/mol. The second kappa shape index (κ2) is 6.35. The zero-order valence-corrected chi connectivity index (χ0v) is 12.8. The molecule has 0 spiro atoms. The molecule has 19 heavy (non-hydrogen) atoms. The van der Waals surface area contributed by atoms with Crippen molar-refractivity contribution in [3.63, 3.8) is 0 Å². The van der Waals surface area contributed by atoms with Gasteiger partial charge in [-0.25, -0.2) is 9.97 Å². The van der Waals surface area contributed by atoms with Gasteiger partial charge in [-0.3, -0.25) is 4.98 Å². The summed E-state index contributed by atoms with van der Waals surface area (Å²) in [6.45, 7) is 6.07. The third-order valence-corrected chi connectivity index (χ3v) is 3.98. The van der Waals surface area contributed by atoms with Crippen LogP contribution in [0.4, 0.5) is 0 Å². The van der Waals surface area contributed by atoms with Crippen molar-refractivity contribution in [3.05, 3.63) is 46.0 Å². The summed E-state index contributed by atoms with van der Waals surface area (Å²) in [6, 6.07) is 1.97. The average Bonchev–Trinajstić information content (AvgIpc) is 2.36. The van der Waals surface area contributed by atoms with E-state index in [1.54, 1.807) is 18.0 Å². The Bertz CT molecular complexity index is 567. The van der Waals surface area contributed by atoms with E-state index in [-0.39, 0.29) is 0 Å². The molecule has 0 atom stereocenters.